The van der Waals surface area contributed by atoms with Crippen LogP contribution in [-0.4, -0.2) is 11.0 Å². The van der Waals surface area contributed by atoms with Crippen molar-refractivity contribution in [3.8, 4) is 0 Å². The summed E-state index contributed by atoms with van der Waals surface area (Å²) in [4.78, 5) is 0. The van der Waals surface area contributed by atoms with Crippen molar-refractivity contribution in [2.24, 2.45) is 0 Å². The average Bonchev–Trinajstić information content (AvgIpc) is 0. The Labute approximate surface area is 79.6 Å². The molecule has 0 rings (SSSR count). The third kappa shape index (κ3) is 8.91. The molecular weight excluding hydrogens is 78.0 g/mol. The molecule has 4 heteroatoms. The zero-order valence-electron chi connectivity index (χ0n) is 2.89. The Morgan fingerprint density at radius 2 is 0.750 bits per heavy atom. The summed E-state index contributed by atoms with van der Waals surface area (Å²) in [6.45, 7) is 0. The molecule has 0 aromatic heterocycles. The van der Waals surface area contributed by atoms with Crippen LogP contribution in [0.2, 0.25) is 0 Å². The molecule has 0 bridgehead atoms. The van der Waals surface area contributed by atoms with E-state index in [1.165, 1.54) is 0 Å². The van der Waals surface area contributed by atoms with E-state index in [1.54, 1.807) is 0 Å². The Balaban J connectivity index is 0. The zero-order chi connectivity index (χ0) is 0. The SMILES string of the molecule is [K+].[Li+].[OH-].[OH-]. The second-order valence-corrected chi connectivity index (χ2v) is 0. The maximum Gasteiger partial charge on any atom is 1.00 e. The van der Waals surface area contributed by atoms with Gasteiger partial charge >= 0.3 is 70.2 Å². The molecule has 2 N–H and O–H groups in total. The molecule has 0 amide bonds. The minimum atomic E-state index is 0. The molecule has 16 valence electrons. The minimum Gasteiger partial charge on any atom is -0.870 e. The first-order chi connectivity index (χ1) is 0. The average molecular weight is 80.1 g/mol. The van der Waals surface area contributed by atoms with E-state index in [9.17, 15) is 0 Å². The van der Waals surface area contributed by atoms with Gasteiger partial charge in [-0.1, -0.05) is 0 Å². The Hall–Kier alpha value is 2.15. The monoisotopic (exact) mass is 80.0 g/mol. The molecule has 0 heterocycles. The van der Waals surface area contributed by atoms with E-state index in [2.05, 4.69) is 0 Å². The van der Waals surface area contributed by atoms with Gasteiger partial charge in [0.2, 0.25) is 0 Å². The maximum absolute atomic E-state index is 0. The first-order valence-corrected chi connectivity index (χ1v) is 0. The van der Waals surface area contributed by atoms with Crippen molar-refractivity contribution in [2.45, 2.75) is 0 Å². The van der Waals surface area contributed by atoms with Gasteiger partial charge in [0, 0.05) is 0 Å². The van der Waals surface area contributed by atoms with Crippen LogP contribution in [0.25, 0.3) is 0 Å². The molecule has 0 aliphatic heterocycles. The normalized spacial score (nSPS) is 0. The Morgan fingerprint density at radius 3 is 0.750 bits per heavy atom. The van der Waals surface area contributed by atoms with Gasteiger partial charge < -0.3 is 11.0 Å². The quantitative estimate of drug-likeness (QED) is 0.272. The van der Waals surface area contributed by atoms with Gasteiger partial charge in [-0.25, -0.2) is 0 Å². The molecule has 0 unspecified atom stereocenters. The van der Waals surface area contributed by atoms with Gasteiger partial charge in [-0.15, -0.1) is 0 Å². The van der Waals surface area contributed by atoms with Crippen molar-refractivity contribution in [1.29, 1.82) is 0 Å². The van der Waals surface area contributed by atoms with Crippen LogP contribution in [0.3, 0.4) is 0 Å². The van der Waals surface area contributed by atoms with Gasteiger partial charge in [0.25, 0.3) is 0 Å². The number of hydrogen-bond donors (Lipinski definition) is 0. The van der Waals surface area contributed by atoms with Crippen LogP contribution in [0, 0.1) is 0 Å². The van der Waals surface area contributed by atoms with Crippen LogP contribution in [0.5, 0.6) is 0 Å². The molecule has 0 aliphatic carbocycles. The zero-order valence-corrected chi connectivity index (χ0v) is 6.02. The summed E-state index contributed by atoms with van der Waals surface area (Å²) in [7, 11) is 0. The minimum absolute atomic E-state index is 0. The van der Waals surface area contributed by atoms with Crippen molar-refractivity contribution in [3.63, 3.8) is 0 Å². The molecule has 0 saturated heterocycles. The van der Waals surface area contributed by atoms with Gasteiger partial charge in [0.05, 0.1) is 0 Å². The van der Waals surface area contributed by atoms with Crippen LogP contribution >= 0.6 is 0 Å². The number of hydrogen-bond acceptors (Lipinski definition) is 2. The van der Waals surface area contributed by atoms with Crippen LogP contribution in [-0.2, 0) is 0 Å². The Bertz CT molecular complexity index is 6.00. The van der Waals surface area contributed by atoms with Crippen LogP contribution in [0.15, 0.2) is 0 Å². The van der Waals surface area contributed by atoms with E-state index in [0.717, 1.165) is 0 Å². The van der Waals surface area contributed by atoms with Crippen LogP contribution in [0.1, 0.15) is 0 Å². The third-order valence-electron chi connectivity index (χ3n) is 0. The fraction of sp³-hybridized carbons (Fsp3) is 0. The summed E-state index contributed by atoms with van der Waals surface area (Å²) in [5, 5.41) is 0. The molecule has 0 aromatic rings. The largest absolute Gasteiger partial charge is 1.00 e. The number of rotatable bonds is 0. The van der Waals surface area contributed by atoms with Crippen LogP contribution in [0.4, 0.5) is 0 Å². The summed E-state index contributed by atoms with van der Waals surface area (Å²) in [6.07, 6.45) is 0. The molecule has 0 aliphatic rings. The molecule has 0 radical (unpaired) electrons. The Kier molecular flexibility index (Phi) is 169. The van der Waals surface area contributed by atoms with Gasteiger partial charge in [-0.2, -0.15) is 0 Å². The second-order valence-electron chi connectivity index (χ2n) is 0. The first kappa shape index (κ1) is 35.2. The smallest absolute Gasteiger partial charge is 0.870 e. The van der Waals surface area contributed by atoms with Gasteiger partial charge in [-0.3, -0.25) is 0 Å². The van der Waals surface area contributed by atoms with Gasteiger partial charge in [-0.05, 0) is 0 Å². The summed E-state index contributed by atoms with van der Waals surface area (Å²) >= 11 is 0. The van der Waals surface area contributed by atoms with Crippen molar-refractivity contribution in [1.82, 2.24) is 0 Å². The van der Waals surface area contributed by atoms with Gasteiger partial charge in [0.15, 0.2) is 0 Å². The molecule has 0 aromatic carbocycles. The first-order valence-electron chi connectivity index (χ1n) is 0. The standard InChI is InChI=1S/K.Li.2H2O/h;;2*1H2/q2*+1;;/p-2. The molecule has 0 spiro atoms. The third-order valence-corrected chi connectivity index (χ3v) is 0. The van der Waals surface area contributed by atoms with Crippen molar-refractivity contribution in [2.75, 3.05) is 0 Å². The van der Waals surface area contributed by atoms with E-state index >= 15 is 0 Å². The van der Waals surface area contributed by atoms with Gasteiger partial charge in [0.1, 0.15) is 0 Å². The summed E-state index contributed by atoms with van der Waals surface area (Å²) < 4.78 is 0. The topological polar surface area (TPSA) is 60.0 Å². The molecule has 4 heavy (non-hydrogen) atoms. The predicted molar refractivity (Wildman–Crippen MR) is 3.87 cm³/mol. The van der Waals surface area contributed by atoms with E-state index in [0.29, 0.717) is 0 Å². The molecule has 0 saturated carbocycles. The molecule has 0 atom stereocenters. The summed E-state index contributed by atoms with van der Waals surface area (Å²) in [6, 6.07) is 0. The van der Waals surface area contributed by atoms with Crippen molar-refractivity contribution in [3.05, 3.63) is 0 Å². The van der Waals surface area contributed by atoms with E-state index in [-0.39, 0.29) is 81.2 Å². The Morgan fingerprint density at radius 1 is 0.750 bits per heavy atom. The summed E-state index contributed by atoms with van der Waals surface area (Å²) in [5.41, 5.74) is 0. The van der Waals surface area contributed by atoms with Crippen molar-refractivity contribution < 1.29 is 81.2 Å². The maximum atomic E-state index is 0. The fourth-order valence-electron chi connectivity index (χ4n) is 0. The molecular formula is H2KLiO2. The molecule has 2 nitrogen and oxygen atoms in total. The second kappa shape index (κ2) is 19.2. The van der Waals surface area contributed by atoms with E-state index in [4.69, 9.17) is 0 Å². The fourth-order valence-corrected chi connectivity index (χ4v) is 0. The predicted octanol–water partition coefficient (Wildman–Crippen LogP) is -6.35. The van der Waals surface area contributed by atoms with Crippen LogP contribution < -0.4 is 70.2 Å². The summed E-state index contributed by atoms with van der Waals surface area (Å²) in [5.74, 6) is 0. The van der Waals surface area contributed by atoms with E-state index < -0.39 is 0 Å². The van der Waals surface area contributed by atoms with E-state index in [1.807, 2.05) is 0 Å². The van der Waals surface area contributed by atoms with Crippen molar-refractivity contribution >= 4 is 0 Å². The molecule has 0 fully saturated rings.